The number of nitrogens with one attached hydrogen (secondary N) is 1. The van der Waals surface area contributed by atoms with E-state index in [2.05, 4.69) is 10.2 Å². The van der Waals surface area contributed by atoms with Crippen LogP contribution in [0.2, 0.25) is 10.0 Å². The minimum Gasteiger partial charge on any atom is -0.385 e. The summed E-state index contributed by atoms with van der Waals surface area (Å²) in [4.78, 5) is 16.4. The summed E-state index contributed by atoms with van der Waals surface area (Å²) in [5, 5.41) is 3.76. The second-order valence-electron chi connectivity index (χ2n) is 5.23. The van der Waals surface area contributed by atoms with Gasteiger partial charge in [0, 0.05) is 52.1 Å². The van der Waals surface area contributed by atoms with Crippen molar-refractivity contribution in [3.8, 4) is 0 Å². The molecule has 7 heteroatoms. The van der Waals surface area contributed by atoms with E-state index in [1.54, 1.807) is 25.3 Å². The summed E-state index contributed by atoms with van der Waals surface area (Å²) in [6, 6.07) is 4.97. The molecule has 2 rings (SSSR count). The molecule has 1 aromatic rings. The zero-order valence-electron chi connectivity index (χ0n) is 12.6. The van der Waals surface area contributed by atoms with Crippen molar-refractivity contribution < 1.29 is 9.53 Å². The highest BCUT2D eigenvalue weighted by atomic mass is 35.5. The predicted octanol–water partition coefficient (Wildman–Crippen LogP) is 3.18. The maximum atomic E-state index is 12.2. The molecule has 0 aromatic heterocycles. The third kappa shape index (κ3) is 5.02. The SMILES string of the molecule is COCCCN1CCN(C(=O)Nc2ccc(Cl)c(Cl)c2)CC1. The van der Waals surface area contributed by atoms with Gasteiger partial charge in [-0.05, 0) is 24.6 Å². The molecule has 0 atom stereocenters. The topological polar surface area (TPSA) is 44.8 Å². The Morgan fingerprint density at radius 2 is 1.95 bits per heavy atom. The van der Waals surface area contributed by atoms with Crippen molar-refractivity contribution in [2.45, 2.75) is 6.42 Å². The summed E-state index contributed by atoms with van der Waals surface area (Å²) >= 11 is 11.8. The molecule has 1 heterocycles. The van der Waals surface area contributed by atoms with E-state index < -0.39 is 0 Å². The van der Waals surface area contributed by atoms with E-state index >= 15 is 0 Å². The van der Waals surface area contributed by atoms with Gasteiger partial charge in [0.05, 0.1) is 10.0 Å². The molecule has 0 bridgehead atoms. The number of nitrogens with zero attached hydrogens (tertiary/aromatic N) is 2. The normalized spacial score (nSPS) is 15.9. The highest BCUT2D eigenvalue weighted by Crippen LogP contribution is 2.25. The van der Waals surface area contributed by atoms with Crippen LogP contribution in [-0.2, 0) is 4.74 Å². The van der Waals surface area contributed by atoms with E-state index in [-0.39, 0.29) is 6.03 Å². The monoisotopic (exact) mass is 345 g/mol. The predicted molar refractivity (Wildman–Crippen MR) is 90.0 cm³/mol. The molecule has 1 N–H and O–H groups in total. The molecular weight excluding hydrogens is 325 g/mol. The second-order valence-corrected chi connectivity index (χ2v) is 6.05. The fourth-order valence-corrected chi connectivity index (χ4v) is 2.68. The Morgan fingerprint density at radius 1 is 1.23 bits per heavy atom. The number of methoxy groups -OCH3 is 1. The van der Waals surface area contributed by atoms with Gasteiger partial charge in [0.15, 0.2) is 0 Å². The molecule has 122 valence electrons. The van der Waals surface area contributed by atoms with E-state index in [9.17, 15) is 4.79 Å². The minimum atomic E-state index is -0.102. The number of benzene rings is 1. The molecule has 1 aliphatic heterocycles. The summed E-state index contributed by atoms with van der Waals surface area (Å²) in [5.74, 6) is 0. The van der Waals surface area contributed by atoms with Gasteiger partial charge in [-0.15, -0.1) is 0 Å². The van der Waals surface area contributed by atoms with Gasteiger partial charge in [-0.2, -0.15) is 0 Å². The van der Waals surface area contributed by atoms with Gasteiger partial charge in [-0.25, -0.2) is 4.79 Å². The second kappa shape index (κ2) is 8.58. The van der Waals surface area contributed by atoms with Crippen LogP contribution in [-0.4, -0.2) is 62.3 Å². The average molecular weight is 346 g/mol. The molecule has 1 saturated heterocycles. The van der Waals surface area contributed by atoms with Crippen molar-refractivity contribution in [3.05, 3.63) is 28.2 Å². The van der Waals surface area contributed by atoms with Crippen molar-refractivity contribution in [2.24, 2.45) is 0 Å². The first-order valence-electron chi connectivity index (χ1n) is 7.32. The highest BCUT2D eigenvalue weighted by Gasteiger charge is 2.20. The summed E-state index contributed by atoms with van der Waals surface area (Å²) in [7, 11) is 1.71. The van der Waals surface area contributed by atoms with Crippen LogP contribution in [0.4, 0.5) is 10.5 Å². The molecule has 1 aliphatic rings. The Hall–Kier alpha value is -1.01. The molecule has 0 unspecified atom stereocenters. The number of hydrogen-bond acceptors (Lipinski definition) is 3. The third-order valence-corrected chi connectivity index (χ3v) is 4.39. The van der Waals surface area contributed by atoms with E-state index in [0.29, 0.717) is 15.7 Å². The maximum absolute atomic E-state index is 12.2. The number of urea groups is 1. The standard InChI is InChI=1S/C15H21Cl2N3O2/c1-22-10-2-5-19-6-8-20(9-7-19)15(21)18-12-3-4-13(16)14(17)11-12/h3-4,11H,2,5-10H2,1H3,(H,18,21). The Labute approximate surface area is 141 Å². The zero-order valence-corrected chi connectivity index (χ0v) is 14.2. The molecule has 1 fully saturated rings. The summed E-state index contributed by atoms with van der Waals surface area (Å²) < 4.78 is 5.06. The Balaban J connectivity index is 1.78. The zero-order chi connectivity index (χ0) is 15.9. The van der Waals surface area contributed by atoms with Crippen LogP contribution in [0.1, 0.15) is 6.42 Å². The molecular formula is C15H21Cl2N3O2. The van der Waals surface area contributed by atoms with Crippen molar-refractivity contribution >= 4 is 34.9 Å². The van der Waals surface area contributed by atoms with Crippen molar-refractivity contribution in [1.29, 1.82) is 0 Å². The first kappa shape index (κ1) is 17.3. The number of carbonyl (C=O) groups is 1. The molecule has 1 aromatic carbocycles. The molecule has 22 heavy (non-hydrogen) atoms. The van der Waals surface area contributed by atoms with E-state index in [0.717, 1.165) is 45.8 Å². The largest absolute Gasteiger partial charge is 0.385 e. The van der Waals surface area contributed by atoms with Crippen LogP contribution in [0, 0.1) is 0 Å². The van der Waals surface area contributed by atoms with Gasteiger partial charge in [-0.1, -0.05) is 23.2 Å². The van der Waals surface area contributed by atoms with Gasteiger partial charge in [0.25, 0.3) is 0 Å². The lowest BCUT2D eigenvalue weighted by Gasteiger charge is -2.34. The fraction of sp³-hybridized carbons (Fsp3) is 0.533. The van der Waals surface area contributed by atoms with Crippen LogP contribution in [0.5, 0.6) is 0 Å². The van der Waals surface area contributed by atoms with E-state index in [1.165, 1.54) is 0 Å². The lowest BCUT2D eigenvalue weighted by Crippen LogP contribution is -2.50. The number of rotatable bonds is 5. The molecule has 0 aliphatic carbocycles. The van der Waals surface area contributed by atoms with Gasteiger partial charge >= 0.3 is 6.03 Å². The average Bonchev–Trinajstić information content (AvgIpc) is 2.52. The van der Waals surface area contributed by atoms with Crippen LogP contribution in [0.25, 0.3) is 0 Å². The van der Waals surface area contributed by atoms with E-state index in [4.69, 9.17) is 27.9 Å². The molecule has 0 spiro atoms. The Bertz CT molecular complexity index is 506. The van der Waals surface area contributed by atoms with Crippen LogP contribution in [0.3, 0.4) is 0 Å². The molecule has 0 radical (unpaired) electrons. The van der Waals surface area contributed by atoms with E-state index in [1.807, 2.05) is 4.90 Å². The smallest absolute Gasteiger partial charge is 0.321 e. The number of anilines is 1. The number of halogens is 2. The lowest BCUT2D eigenvalue weighted by atomic mass is 10.3. The lowest BCUT2D eigenvalue weighted by molar-refractivity contribution is 0.130. The Morgan fingerprint density at radius 3 is 2.59 bits per heavy atom. The molecule has 2 amide bonds. The van der Waals surface area contributed by atoms with Crippen LogP contribution >= 0.6 is 23.2 Å². The number of hydrogen-bond donors (Lipinski definition) is 1. The number of carbonyl (C=O) groups excluding carboxylic acids is 1. The minimum absolute atomic E-state index is 0.102. The number of piperazine rings is 1. The first-order chi connectivity index (χ1) is 10.6. The van der Waals surface area contributed by atoms with Gasteiger partial charge in [-0.3, -0.25) is 4.90 Å². The first-order valence-corrected chi connectivity index (χ1v) is 8.08. The van der Waals surface area contributed by atoms with Gasteiger partial charge in [0.2, 0.25) is 0 Å². The molecule has 0 saturated carbocycles. The summed E-state index contributed by atoms with van der Waals surface area (Å²) in [6.07, 6.45) is 1.02. The summed E-state index contributed by atoms with van der Waals surface area (Å²) in [6.45, 7) is 5.01. The number of ether oxygens (including phenoxy) is 1. The quantitative estimate of drug-likeness (QED) is 0.833. The van der Waals surface area contributed by atoms with Crippen LogP contribution in [0.15, 0.2) is 18.2 Å². The van der Waals surface area contributed by atoms with Crippen molar-refractivity contribution in [3.63, 3.8) is 0 Å². The molecule has 5 nitrogen and oxygen atoms in total. The maximum Gasteiger partial charge on any atom is 0.321 e. The summed E-state index contributed by atoms with van der Waals surface area (Å²) in [5.41, 5.74) is 0.655. The highest BCUT2D eigenvalue weighted by molar-refractivity contribution is 6.42. The van der Waals surface area contributed by atoms with Crippen molar-refractivity contribution in [1.82, 2.24) is 9.80 Å². The number of amides is 2. The Kier molecular flexibility index (Phi) is 6.76. The van der Waals surface area contributed by atoms with Gasteiger partial charge < -0.3 is 15.0 Å². The van der Waals surface area contributed by atoms with Gasteiger partial charge in [0.1, 0.15) is 0 Å². The van der Waals surface area contributed by atoms with Crippen LogP contribution < -0.4 is 5.32 Å². The van der Waals surface area contributed by atoms with Crippen molar-refractivity contribution in [2.75, 3.05) is 51.8 Å². The third-order valence-electron chi connectivity index (χ3n) is 3.65. The fourth-order valence-electron chi connectivity index (χ4n) is 2.38.